The molecule has 0 bridgehead atoms. The molecular weight excluding hydrogens is 533 g/mol. The summed E-state index contributed by atoms with van der Waals surface area (Å²) in [5, 5.41) is 1.77. The molecule has 25 heavy (non-hydrogen) atoms. The zero-order chi connectivity index (χ0) is 16.4. The van der Waals surface area contributed by atoms with Gasteiger partial charge in [-0.25, -0.2) is 0 Å². The summed E-state index contributed by atoms with van der Waals surface area (Å²) >= 11 is -0.876. The number of hydrogen-bond donors (Lipinski definition) is 0. The quantitative estimate of drug-likeness (QED) is 0.353. The third kappa shape index (κ3) is 5.19. The molecule has 1 aromatic rings. The summed E-state index contributed by atoms with van der Waals surface area (Å²) in [5.41, 5.74) is 4.87. The Morgan fingerprint density at radius 3 is 2.60 bits per heavy atom. The van der Waals surface area contributed by atoms with Crippen LogP contribution in [-0.4, -0.2) is 13.3 Å². The fourth-order valence-electron chi connectivity index (χ4n) is 3.74. The van der Waals surface area contributed by atoms with Crippen LogP contribution in [0.15, 0.2) is 50.6 Å². The number of hydrogen-bond acceptors (Lipinski definition) is 0. The Labute approximate surface area is 178 Å². The Morgan fingerprint density at radius 2 is 1.92 bits per heavy atom. The second-order valence-corrected chi connectivity index (χ2v) is 14.5. The molecule has 0 N–H and O–H groups in total. The number of fused-ring (bicyclic) bond motifs is 1. The van der Waals surface area contributed by atoms with Gasteiger partial charge >= 0.3 is 155 Å². The van der Waals surface area contributed by atoms with Crippen molar-refractivity contribution >= 4 is 14.0 Å². The van der Waals surface area contributed by atoms with Crippen molar-refractivity contribution in [1.82, 2.24) is 0 Å². The van der Waals surface area contributed by atoms with Gasteiger partial charge in [-0.1, -0.05) is 0 Å². The van der Waals surface area contributed by atoms with Gasteiger partial charge in [0.25, 0.3) is 0 Å². The van der Waals surface area contributed by atoms with E-state index in [2.05, 4.69) is 69.7 Å². The van der Waals surface area contributed by atoms with Crippen molar-refractivity contribution in [2.45, 2.75) is 36.8 Å². The summed E-state index contributed by atoms with van der Waals surface area (Å²) < 4.78 is 2.70. The van der Waals surface area contributed by atoms with Gasteiger partial charge in [0.1, 0.15) is 0 Å². The van der Waals surface area contributed by atoms with Gasteiger partial charge in [-0.15, -0.1) is 0 Å². The van der Waals surface area contributed by atoms with Crippen molar-refractivity contribution in [1.29, 1.82) is 0 Å². The first-order valence-corrected chi connectivity index (χ1v) is 14.9. The first-order valence-electron chi connectivity index (χ1n) is 8.75. The van der Waals surface area contributed by atoms with E-state index in [9.17, 15) is 0 Å². The average Bonchev–Trinajstić information content (AvgIpc) is 3.13. The van der Waals surface area contributed by atoms with E-state index >= 15 is 0 Å². The molecule has 0 spiro atoms. The smallest absolute Gasteiger partial charge is 1.00 e. The molecule has 0 saturated carbocycles. The zero-order valence-corrected chi connectivity index (χ0v) is 21.5. The molecule has 2 unspecified atom stereocenters. The number of benzene rings is 1. The molecule has 134 valence electrons. The maximum atomic E-state index is 2.52. The summed E-state index contributed by atoms with van der Waals surface area (Å²) in [6.45, 7) is 9.62. The van der Waals surface area contributed by atoms with E-state index in [0.717, 1.165) is 9.59 Å². The Bertz CT molecular complexity index is 676. The van der Waals surface area contributed by atoms with Crippen LogP contribution in [0.3, 0.4) is 0 Å². The van der Waals surface area contributed by atoms with Crippen LogP contribution in [-0.2, 0) is 22.9 Å². The monoisotopic (exact) mass is 560 g/mol. The van der Waals surface area contributed by atoms with Gasteiger partial charge in [0, 0.05) is 0 Å². The largest absolute Gasteiger partial charge is 1.00 e. The summed E-state index contributed by atoms with van der Waals surface area (Å²) in [4.78, 5) is 0. The molecule has 4 heteroatoms. The van der Waals surface area contributed by atoms with Gasteiger partial charge in [0.15, 0.2) is 0 Å². The van der Waals surface area contributed by atoms with E-state index in [0.29, 0.717) is 0 Å². The maximum absolute atomic E-state index is 2.52. The van der Waals surface area contributed by atoms with Gasteiger partial charge in [-0.2, -0.15) is 0 Å². The Morgan fingerprint density at radius 1 is 1.20 bits per heavy atom. The molecule has 2 atom stereocenters. The number of halogens is 2. The van der Waals surface area contributed by atoms with E-state index in [4.69, 9.17) is 0 Å². The SMILES string of the molecule is CCCC(C)C1=[C]([Hf+2][CH]2C(P(C)C)=Cc3ccccc32)CC=C1.[Cl-].[Cl-]. The molecule has 0 amide bonds. The summed E-state index contributed by atoms with van der Waals surface area (Å²) in [7, 11) is 0.0230. The molecule has 0 nitrogen and oxygen atoms in total. The van der Waals surface area contributed by atoms with Gasteiger partial charge in [-0.3, -0.25) is 0 Å². The minimum atomic E-state index is -0.876. The van der Waals surface area contributed by atoms with Crippen molar-refractivity contribution in [2.24, 2.45) is 5.92 Å². The van der Waals surface area contributed by atoms with Crippen molar-refractivity contribution in [2.75, 3.05) is 13.3 Å². The summed E-state index contributed by atoms with van der Waals surface area (Å²) in [6.07, 6.45) is 11.3. The molecule has 0 saturated heterocycles. The van der Waals surface area contributed by atoms with Crippen LogP contribution in [0.25, 0.3) is 6.08 Å². The van der Waals surface area contributed by atoms with Crippen LogP contribution in [0.2, 0.25) is 0 Å². The minimum absolute atomic E-state index is 0. The van der Waals surface area contributed by atoms with Crippen LogP contribution in [0.4, 0.5) is 0 Å². The van der Waals surface area contributed by atoms with Gasteiger partial charge < -0.3 is 24.8 Å². The number of rotatable bonds is 6. The van der Waals surface area contributed by atoms with Crippen LogP contribution < -0.4 is 24.8 Å². The second-order valence-electron chi connectivity index (χ2n) is 6.90. The fourth-order valence-corrected chi connectivity index (χ4v) is 14.3. The molecule has 2 aliphatic rings. The minimum Gasteiger partial charge on any atom is -1.00 e. The van der Waals surface area contributed by atoms with Crippen LogP contribution in [0.1, 0.15) is 47.9 Å². The Hall–Kier alpha value is 0.320. The summed E-state index contributed by atoms with van der Waals surface area (Å²) in [6, 6.07) is 9.15. The average molecular weight is 560 g/mol. The molecule has 0 radical (unpaired) electrons. The predicted molar refractivity (Wildman–Crippen MR) is 101 cm³/mol. The van der Waals surface area contributed by atoms with Crippen LogP contribution in [0, 0.1) is 5.92 Å². The van der Waals surface area contributed by atoms with Crippen molar-refractivity contribution in [3.63, 3.8) is 0 Å². The molecule has 0 heterocycles. The molecule has 0 fully saturated rings. The van der Waals surface area contributed by atoms with Crippen LogP contribution in [0.5, 0.6) is 0 Å². The third-order valence-electron chi connectivity index (χ3n) is 4.96. The van der Waals surface area contributed by atoms with E-state index in [-0.39, 0.29) is 32.7 Å². The Balaban J connectivity index is 0.00000156. The predicted octanol–water partition coefficient (Wildman–Crippen LogP) is 0.564. The van der Waals surface area contributed by atoms with Crippen LogP contribution >= 0.6 is 7.92 Å². The third-order valence-corrected chi connectivity index (χ3v) is 13.5. The molecule has 2 aliphatic carbocycles. The van der Waals surface area contributed by atoms with Crippen molar-refractivity contribution < 1.29 is 47.7 Å². The molecular formula is C21H27Cl2HfP. The van der Waals surface area contributed by atoms with Crippen molar-refractivity contribution in [3.05, 3.63) is 61.8 Å². The van der Waals surface area contributed by atoms with Gasteiger partial charge in [0.2, 0.25) is 0 Å². The van der Waals surface area contributed by atoms with E-state index in [1.165, 1.54) is 24.8 Å². The first-order chi connectivity index (χ1) is 11.1. The summed E-state index contributed by atoms with van der Waals surface area (Å²) in [5.74, 6) is 0.759. The van der Waals surface area contributed by atoms with E-state index in [1.54, 1.807) is 16.5 Å². The van der Waals surface area contributed by atoms with Crippen molar-refractivity contribution in [3.8, 4) is 0 Å². The molecule has 0 aliphatic heterocycles. The topological polar surface area (TPSA) is 0 Å². The zero-order valence-electron chi connectivity index (χ0n) is 15.5. The van der Waals surface area contributed by atoms with Gasteiger partial charge in [-0.05, 0) is 0 Å². The Kier molecular flexibility index (Phi) is 9.91. The molecule has 1 aromatic carbocycles. The maximum Gasteiger partial charge on any atom is -1.00 e. The standard InChI is InChI=1S/C11H12P.C10H15.2ClH.Hf/c1-12(2)11-7-9-5-3-4-6-10(9)8-11;1-3-6-9(2)10-7-4-5-8-10;;;/h3-8H,1-2H3;4,7,9H,3,5-6H2,1-2H3;2*1H;/q;;;;+2/p-2. The molecule has 3 rings (SSSR count). The fraction of sp³-hybridized carbons (Fsp3) is 0.429. The first kappa shape index (κ1) is 23.4. The second kappa shape index (κ2) is 10.6. The number of allylic oxidation sites excluding steroid dienone is 5. The van der Waals surface area contributed by atoms with E-state index < -0.39 is 22.9 Å². The van der Waals surface area contributed by atoms with Gasteiger partial charge in [0.05, 0.1) is 0 Å². The normalized spacial score (nSPS) is 19.1. The van der Waals surface area contributed by atoms with E-state index in [1.807, 2.05) is 3.33 Å². The molecule has 0 aromatic heterocycles.